The third kappa shape index (κ3) is 6.01. The summed E-state index contributed by atoms with van der Waals surface area (Å²) in [6.45, 7) is 2.91. The topological polar surface area (TPSA) is 32.8 Å². The van der Waals surface area contributed by atoms with Gasteiger partial charge in [0.05, 0.1) is 12.7 Å². The number of hydrogen-bond donors (Lipinski definition) is 0. The monoisotopic (exact) mass is 484 g/mol. The predicted octanol–water partition coefficient (Wildman–Crippen LogP) is 5.79. The number of nitrogens with zero attached hydrogens (tertiary/aromatic N) is 2. The summed E-state index contributed by atoms with van der Waals surface area (Å²) >= 11 is 0. The molecule has 33 heavy (non-hydrogen) atoms. The number of anilines is 1. The Morgan fingerprint density at radius 2 is 1.79 bits per heavy atom. The molecule has 0 aromatic heterocycles. The maximum absolute atomic E-state index is 14.0. The van der Waals surface area contributed by atoms with Crippen molar-refractivity contribution in [1.82, 2.24) is 4.90 Å². The molecule has 0 saturated carbocycles. The second-order valence-corrected chi connectivity index (χ2v) is 8.57. The highest BCUT2D eigenvalue weighted by atomic mass is 35.5. The Balaban J connectivity index is 0.00000385. The molecule has 4 nitrogen and oxygen atoms in total. The van der Waals surface area contributed by atoms with Gasteiger partial charge in [0.15, 0.2) is 0 Å². The Labute approximate surface area is 200 Å². The average molecular weight is 485 g/mol. The standard InChI is InChI=1S/C25H31F3N2O2.ClH/c1-5-7-19-20(17-10-12-18(32-4)13-11-17)16-21-22(25(26,27)28)8-6-9-23(21)30(24(19)31)15-14-29(2)3;/h6,8-13,19-20H,5,7,14-16H2,1-4H3;1H/t19-,20+;/m1./s1. The van der Waals surface area contributed by atoms with E-state index in [1.165, 1.54) is 6.07 Å². The van der Waals surface area contributed by atoms with Crippen molar-refractivity contribution in [3.63, 3.8) is 0 Å². The number of likely N-dealkylation sites (N-methyl/N-ethyl adjacent to an activating group) is 1. The van der Waals surface area contributed by atoms with Crippen LogP contribution in [0, 0.1) is 5.92 Å². The first-order valence-corrected chi connectivity index (χ1v) is 11.0. The highest BCUT2D eigenvalue weighted by molar-refractivity contribution is 5.97. The van der Waals surface area contributed by atoms with Gasteiger partial charge in [-0.05, 0) is 68.2 Å². The summed E-state index contributed by atoms with van der Waals surface area (Å²) in [6.07, 6.45) is -2.95. The van der Waals surface area contributed by atoms with Gasteiger partial charge >= 0.3 is 6.18 Å². The van der Waals surface area contributed by atoms with E-state index in [1.54, 1.807) is 30.2 Å². The van der Waals surface area contributed by atoms with Crippen LogP contribution < -0.4 is 9.64 Å². The third-order valence-corrected chi connectivity index (χ3v) is 6.15. The van der Waals surface area contributed by atoms with E-state index in [0.29, 0.717) is 30.9 Å². The second kappa shape index (κ2) is 11.3. The van der Waals surface area contributed by atoms with Crippen LogP contribution in [0.25, 0.3) is 0 Å². The minimum atomic E-state index is -4.49. The predicted molar refractivity (Wildman–Crippen MR) is 127 cm³/mol. The van der Waals surface area contributed by atoms with E-state index >= 15 is 0 Å². The Hall–Kier alpha value is -2.25. The van der Waals surface area contributed by atoms with E-state index < -0.39 is 17.7 Å². The number of fused-ring (bicyclic) bond motifs is 1. The number of alkyl halides is 3. The molecule has 2 atom stereocenters. The molecule has 182 valence electrons. The van der Waals surface area contributed by atoms with Gasteiger partial charge in [0.1, 0.15) is 5.75 Å². The molecule has 1 aliphatic rings. The van der Waals surface area contributed by atoms with Gasteiger partial charge in [-0.1, -0.05) is 31.5 Å². The molecule has 1 aliphatic heterocycles. The molecular formula is C25H32ClF3N2O2. The number of methoxy groups -OCH3 is 1. The number of hydrogen-bond acceptors (Lipinski definition) is 3. The SMILES string of the molecule is CCC[C@H]1C(=O)N(CCN(C)C)c2cccc(C(F)(F)F)c2C[C@H]1c1ccc(OC)cc1.Cl. The second-order valence-electron chi connectivity index (χ2n) is 8.57. The molecule has 1 heterocycles. The molecule has 0 saturated heterocycles. The fourth-order valence-electron chi connectivity index (χ4n) is 4.53. The van der Waals surface area contributed by atoms with Crippen LogP contribution in [0.3, 0.4) is 0 Å². The zero-order valence-electron chi connectivity index (χ0n) is 19.5. The zero-order chi connectivity index (χ0) is 23.5. The Bertz CT molecular complexity index is 932. The van der Waals surface area contributed by atoms with Crippen molar-refractivity contribution >= 4 is 24.0 Å². The first kappa shape index (κ1) is 27.0. The number of carbonyl (C=O) groups excluding carboxylic acids is 1. The largest absolute Gasteiger partial charge is 0.497 e. The van der Waals surface area contributed by atoms with Gasteiger partial charge in [0.2, 0.25) is 5.91 Å². The molecule has 1 amide bonds. The molecule has 0 radical (unpaired) electrons. The van der Waals surface area contributed by atoms with Crippen LogP contribution in [0.5, 0.6) is 5.75 Å². The van der Waals surface area contributed by atoms with Crippen LogP contribution in [-0.2, 0) is 17.4 Å². The highest BCUT2D eigenvalue weighted by Crippen LogP contribution is 2.44. The molecule has 0 aliphatic carbocycles. The van der Waals surface area contributed by atoms with E-state index in [0.717, 1.165) is 18.1 Å². The average Bonchev–Trinajstić information content (AvgIpc) is 2.86. The van der Waals surface area contributed by atoms with Crippen molar-refractivity contribution in [1.29, 1.82) is 0 Å². The molecule has 8 heteroatoms. The fraction of sp³-hybridized carbons (Fsp3) is 0.480. The van der Waals surface area contributed by atoms with Crippen molar-refractivity contribution in [2.24, 2.45) is 5.92 Å². The van der Waals surface area contributed by atoms with Gasteiger partial charge in [-0.15, -0.1) is 12.4 Å². The van der Waals surface area contributed by atoms with E-state index in [2.05, 4.69) is 0 Å². The number of rotatable bonds is 7. The molecule has 0 N–H and O–H groups in total. The first-order chi connectivity index (χ1) is 15.2. The van der Waals surface area contributed by atoms with E-state index in [-0.39, 0.29) is 36.2 Å². The Kier molecular flexibility index (Phi) is 9.20. The van der Waals surface area contributed by atoms with Crippen LogP contribution in [-0.4, -0.2) is 45.1 Å². The van der Waals surface area contributed by atoms with Crippen LogP contribution in [0.15, 0.2) is 42.5 Å². The summed E-state index contributed by atoms with van der Waals surface area (Å²) in [5, 5.41) is 0. The van der Waals surface area contributed by atoms with E-state index in [9.17, 15) is 18.0 Å². The first-order valence-electron chi connectivity index (χ1n) is 11.0. The smallest absolute Gasteiger partial charge is 0.416 e. The lowest BCUT2D eigenvalue weighted by Gasteiger charge is -2.29. The number of ether oxygens (including phenoxy) is 1. The third-order valence-electron chi connectivity index (χ3n) is 6.15. The maximum atomic E-state index is 14.0. The lowest BCUT2D eigenvalue weighted by atomic mass is 9.79. The lowest BCUT2D eigenvalue weighted by molar-refractivity contribution is -0.138. The summed E-state index contributed by atoms with van der Waals surface area (Å²) in [4.78, 5) is 17.3. The molecule has 0 fully saturated rings. The minimum absolute atomic E-state index is 0. The van der Waals surface area contributed by atoms with E-state index in [4.69, 9.17) is 4.74 Å². The summed E-state index contributed by atoms with van der Waals surface area (Å²) in [5.74, 6) is -0.179. The van der Waals surface area contributed by atoms with Crippen LogP contribution >= 0.6 is 12.4 Å². The van der Waals surface area contributed by atoms with Gasteiger partial charge in [-0.25, -0.2) is 0 Å². The molecule has 2 aromatic rings. The number of benzene rings is 2. The van der Waals surface area contributed by atoms with Crippen molar-refractivity contribution in [3.05, 3.63) is 59.2 Å². The van der Waals surface area contributed by atoms with Gasteiger partial charge < -0.3 is 14.5 Å². The van der Waals surface area contributed by atoms with Crippen LogP contribution in [0.4, 0.5) is 18.9 Å². The van der Waals surface area contributed by atoms with Gasteiger partial charge in [0, 0.05) is 24.7 Å². The normalized spacial score (nSPS) is 18.5. The highest BCUT2D eigenvalue weighted by Gasteiger charge is 2.42. The van der Waals surface area contributed by atoms with Crippen molar-refractivity contribution in [3.8, 4) is 5.75 Å². The van der Waals surface area contributed by atoms with Gasteiger partial charge in [-0.3, -0.25) is 4.79 Å². The number of carbonyl (C=O) groups is 1. The molecule has 0 unspecified atom stereocenters. The van der Waals surface area contributed by atoms with Crippen molar-refractivity contribution in [2.75, 3.05) is 39.2 Å². The minimum Gasteiger partial charge on any atom is -0.497 e. The quantitative estimate of drug-likeness (QED) is 0.499. The Morgan fingerprint density at radius 1 is 1.12 bits per heavy atom. The lowest BCUT2D eigenvalue weighted by Crippen LogP contribution is -2.41. The molecule has 0 bridgehead atoms. The van der Waals surface area contributed by atoms with Crippen molar-refractivity contribution in [2.45, 2.75) is 38.3 Å². The summed E-state index contributed by atoms with van der Waals surface area (Å²) in [5.41, 5.74) is 0.776. The van der Waals surface area contributed by atoms with Crippen LogP contribution in [0.1, 0.15) is 42.4 Å². The molecule has 2 aromatic carbocycles. The molecule has 3 rings (SSSR count). The molecular weight excluding hydrogens is 453 g/mol. The van der Waals surface area contributed by atoms with Gasteiger partial charge in [-0.2, -0.15) is 13.2 Å². The summed E-state index contributed by atoms with van der Waals surface area (Å²) in [7, 11) is 5.34. The summed E-state index contributed by atoms with van der Waals surface area (Å²) < 4.78 is 47.2. The van der Waals surface area contributed by atoms with Crippen molar-refractivity contribution < 1.29 is 22.7 Å². The zero-order valence-corrected chi connectivity index (χ0v) is 20.3. The number of halogens is 4. The van der Waals surface area contributed by atoms with E-state index in [1.807, 2.05) is 38.1 Å². The van der Waals surface area contributed by atoms with Gasteiger partial charge in [0.25, 0.3) is 0 Å². The maximum Gasteiger partial charge on any atom is 0.416 e. The summed E-state index contributed by atoms with van der Waals surface area (Å²) in [6, 6.07) is 11.5. The molecule has 0 spiro atoms. The Morgan fingerprint density at radius 3 is 2.33 bits per heavy atom. The van der Waals surface area contributed by atoms with Crippen LogP contribution in [0.2, 0.25) is 0 Å². The number of amides is 1. The fourth-order valence-corrected chi connectivity index (χ4v) is 4.53.